The zero-order chi connectivity index (χ0) is 11.5. The van der Waals surface area contributed by atoms with E-state index in [1.165, 1.54) is 11.3 Å². The summed E-state index contributed by atoms with van der Waals surface area (Å²) >= 11 is 4.82. The Hall–Kier alpha value is -0.390. The maximum atomic E-state index is 11.8. The monoisotopic (exact) mass is 303 g/mol. The van der Waals surface area contributed by atoms with Gasteiger partial charge in [0, 0.05) is 5.38 Å². The Morgan fingerprint density at radius 2 is 2.25 bits per heavy atom. The number of carbonyl (C=O) groups is 1. The first-order valence-electron chi connectivity index (χ1n) is 5.40. The number of rotatable bonds is 2. The van der Waals surface area contributed by atoms with Gasteiger partial charge < -0.3 is 10.4 Å². The van der Waals surface area contributed by atoms with Crippen molar-refractivity contribution in [2.75, 3.05) is 0 Å². The Morgan fingerprint density at radius 1 is 1.50 bits per heavy atom. The van der Waals surface area contributed by atoms with Crippen molar-refractivity contribution in [3.8, 4) is 0 Å². The van der Waals surface area contributed by atoms with Crippen LogP contribution in [-0.2, 0) is 0 Å². The van der Waals surface area contributed by atoms with E-state index in [2.05, 4.69) is 21.2 Å². The van der Waals surface area contributed by atoms with Gasteiger partial charge in [0.25, 0.3) is 5.91 Å². The van der Waals surface area contributed by atoms with Gasteiger partial charge in [-0.2, -0.15) is 0 Å². The van der Waals surface area contributed by atoms with Crippen LogP contribution in [0, 0.1) is 0 Å². The fourth-order valence-electron chi connectivity index (χ4n) is 1.96. The number of hydrogen-bond donors (Lipinski definition) is 2. The minimum atomic E-state index is -0.389. The van der Waals surface area contributed by atoms with Crippen molar-refractivity contribution in [2.45, 2.75) is 37.8 Å². The molecule has 0 aromatic carbocycles. The number of hydrogen-bond acceptors (Lipinski definition) is 3. The fraction of sp³-hybridized carbons (Fsp3) is 0.545. The predicted molar refractivity (Wildman–Crippen MR) is 67.7 cm³/mol. The Kier molecular flexibility index (Phi) is 4.00. The van der Waals surface area contributed by atoms with Gasteiger partial charge in [0.1, 0.15) is 0 Å². The maximum absolute atomic E-state index is 11.8. The normalized spacial score (nSPS) is 25.4. The third kappa shape index (κ3) is 2.84. The van der Waals surface area contributed by atoms with Gasteiger partial charge in [0.15, 0.2) is 0 Å². The van der Waals surface area contributed by atoms with Crippen molar-refractivity contribution in [1.82, 2.24) is 5.32 Å². The maximum Gasteiger partial charge on any atom is 0.252 e. The van der Waals surface area contributed by atoms with Crippen LogP contribution in [0.4, 0.5) is 0 Å². The van der Waals surface area contributed by atoms with Crippen LogP contribution in [0.25, 0.3) is 0 Å². The topological polar surface area (TPSA) is 49.3 Å². The molecule has 16 heavy (non-hydrogen) atoms. The molecule has 2 rings (SSSR count). The van der Waals surface area contributed by atoms with Gasteiger partial charge in [0.05, 0.1) is 21.5 Å². The van der Waals surface area contributed by atoms with Gasteiger partial charge in [-0.05, 0) is 34.8 Å². The summed E-state index contributed by atoms with van der Waals surface area (Å²) in [7, 11) is 0. The Labute approximate surface area is 107 Å². The van der Waals surface area contributed by atoms with Crippen LogP contribution >= 0.6 is 27.3 Å². The first-order chi connectivity index (χ1) is 7.66. The van der Waals surface area contributed by atoms with Gasteiger partial charge in [-0.3, -0.25) is 4.79 Å². The molecule has 0 spiro atoms. The zero-order valence-electron chi connectivity index (χ0n) is 8.78. The molecular weight excluding hydrogens is 290 g/mol. The van der Waals surface area contributed by atoms with Crippen molar-refractivity contribution in [2.24, 2.45) is 0 Å². The lowest BCUT2D eigenvalue weighted by Gasteiger charge is -2.28. The van der Waals surface area contributed by atoms with E-state index in [0.29, 0.717) is 5.56 Å². The minimum Gasteiger partial charge on any atom is -0.391 e. The largest absolute Gasteiger partial charge is 0.391 e. The number of aliphatic hydroxyl groups is 1. The highest BCUT2D eigenvalue weighted by Gasteiger charge is 2.24. The summed E-state index contributed by atoms with van der Waals surface area (Å²) in [6.45, 7) is 0. The molecule has 88 valence electrons. The molecule has 0 saturated heterocycles. The summed E-state index contributed by atoms with van der Waals surface area (Å²) in [5.74, 6) is -0.0899. The van der Waals surface area contributed by atoms with Gasteiger partial charge in [-0.25, -0.2) is 0 Å². The number of aliphatic hydroxyl groups excluding tert-OH is 1. The van der Waals surface area contributed by atoms with Crippen LogP contribution < -0.4 is 5.32 Å². The Balaban J connectivity index is 1.96. The average Bonchev–Trinajstić information content (AvgIpc) is 2.68. The molecule has 1 aromatic rings. The van der Waals surface area contributed by atoms with Crippen molar-refractivity contribution < 1.29 is 9.90 Å². The first kappa shape index (κ1) is 12.1. The summed E-state index contributed by atoms with van der Waals surface area (Å²) in [5, 5.41) is 14.5. The van der Waals surface area contributed by atoms with E-state index in [9.17, 15) is 9.90 Å². The van der Waals surface area contributed by atoms with Crippen LogP contribution in [0.2, 0.25) is 0 Å². The quantitative estimate of drug-likeness (QED) is 0.882. The molecule has 0 bridgehead atoms. The molecule has 1 aliphatic rings. The molecule has 3 nitrogen and oxygen atoms in total. The van der Waals surface area contributed by atoms with Crippen LogP contribution in [-0.4, -0.2) is 23.2 Å². The molecule has 2 unspecified atom stereocenters. The number of halogens is 1. The van der Waals surface area contributed by atoms with E-state index < -0.39 is 0 Å². The van der Waals surface area contributed by atoms with Crippen molar-refractivity contribution in [1.29, 1.82) is 0 Å². The first-order valence-corrected chi connectivity index (χ1v) is 7.07. The third-order valence-corrected chi connectivity index (χ3v) is 4.38. The summed E-state index contributed by atoms with van der Waals surface area (Å²) < 4.78 is 0.946. The number of carbonyl (C=O) groups excluding carboxylic acids is 1. The Morgan fingerprint density at radius 3 is 2.88 bits per heavy atom. The molecule has 2 atom stereocenters. The molecule has 1 amide bonds. The lowest BCUT2D eigenvalue weighted by Crippen LogP contribution is -2.44. The minimum absolute atomic E-state index is 0.0834. The van der Waals surface area contributed by atoms with E-state index in [0.717, 1.165) is 29.5 Å². The van der Waals surface area contributed by atoms with Gasteiger partial charge in [0.2, 0.25) is 0 Å². The number of nitrogens with one attached hydrogen (secondary N) is 1. The molecule has 0 aliphatic heterocycles. The molecule has 1 aromatic heterocycles. The highest BCUT2D eigenvalue weighted by molar-refractivity contribution is 9.11. The van der Waals surface area contributed by atoms with Crippen molar-refractivity contribution >= 4 is 33.2 Å². The highest BCUT2D eigenvalue weighted by atomic mass is 79.9. The second-order valence-electron chi connectivity index (χ2n) is 4.07. The fourth-order valence-corrected chi connectivity index (χ4v) is 3.10. The summed E-state index contributed by atoms with van der Waals surface area (Å²) in [5.41, 5.74) is 0.662. The van der Waals surface area contributed by atoms with Crippen molar-refractivity contribution in [3.63, 3.8) is 0 Å². The number of thiophene rings is 1. The number of amides is 1. The molecule has 1 fully saturated rings. The molecule has 5 heteroatoms. The van der Waals surface area contributed by atoms with Gasteiger partial charge >= 0.3 is 0 Å². The standard InChI is InChI=1S/C11H14BrNO2S/c12-10-5-7(6-16-10)11(15)13-8-3-1-2-4-9(8)14/h5-6,8-9,14H,1-4H2,(H,13,15). The van der Waals surface area contributed by atoms with E-state index in [1.807, 2.05) is 5.38 Å². The average molecular weight is 304 g/mol. The second-order valence-corrected chi connectivity index (χ2v) is 6.36. The van der Waals surface area contributed by atoms with E-state index in [1.54, 1.807) is 6.07 Å². The SMILES string of the molecule is O=C(NC1CCCCC1O)c1csc(Br)c1. The van der Waals surface area contributed by atoms with Crippen LogP contribution in [0.1, 0.15) is 36.0 Å². The molecular formula is C11H14BrNO2S. The lowest BCUT2D eigenvalue weighted by atomic mass is 9.92. The summed E-state index contributed by atoms with van der Waals surface area (Å²) in [6.07, 6.45) is 3.41. The van der Waals surface area contributed by atoms with Crippen molar-refractivity contribution in [3.05, 3.63) is 20.8 Å². The molecule has 0 radical (unpaired) electrons. The van der Waals surface area contributed by atoms with E-state index >= 15 is 0 Å². The van der Waals surface area contributed by atoms with E-state index in [-0.39, 0.29) is 18.1 Å². The van der Waals surface area contributed by atoms with Crippen LogP contribution in [0.3, 0.4) is 0 Å². The third-order valence-electron chi connectivity index (χ3n) is 2.88. The molecule has 1 heterocycles. The van der Waals surface area contributed by atoms with Crippen LogP contribution in [0.5, 0.6) is 0 Å². The lowest BCUT2D eigenvalue weighted by molar-refractivity contribution is 0.0717. The van der Waals surface area contributed by atoms with Gasteiger partial charge in [-0.1, -0.05) is 12.8 Å². The second kappa shape index (κ2) is 5.29. The molecule has 1 aliphatic carbocycles. The summed E-state index contributed by atoms with van der Waals surface area (Å²) in [4.78, 5) is 11.8. The van der Waals surface area contributed by atoms with E-state index in [4.69, 9.17) is 0 Å². The smallest absolute Gasteiger partial charge is 0.252 e. The predicted octanol–water partition coefficient (Wildman–Crippen LogP) is 2.54. The zero-order valence-corrected chi connectivity index (χ0v) is 11.2. The van der Waals surface area contributed by atoms with Crippen LogP contribution in [0.15, 0.2) is 15.2 Å². The Bertz CT molecular complexity index is 380. The highest BCUT2D eigenvalue weighted by Crippen LogP contribution is 2.22. The summed E-state index contributed by atoms with van der Waals surface area (Å²) in [6, 6.07) is 1.72. The molecule has 2 N–H and O–H groups in total. The molecule has 1 saturated carbocycles. The van der Waals surface area contributed by atoms with Gasteiger partial charge in [-0.15, -0.1) is 11.3 Å².